The summed E-state index contributed by atoms with van der Waals surface area (Å²) in [4.78, 5) is 27.7. The topological polar surface area (TPSA) is 116 Å². The third kappa shape index (κ3) is 3.70. The number of ether oxygens (including phenoxy) is 2. The number of aliphatic carboxylic acids is 1. The van der Waals surface area contributed by atoms with Crippen molar-refractivity contribution >= 4 is 17.7 Å². The van der Waals surface area contributed by atoms with Crippen LogP contribution in [-0.4, -0.2) is 45.0 Å². The van der Waals surface area contributed by atoms with Gasteiger partial charge in [0.25, 0.3) is 11.8 Å². The lowest BCUT2D eigenvalue weighted by Crippen LogP contribution is -2.21. The van der Waals surface area contributed by atoms with E-state index in [2.05, 4.69) is 15.4 Å². The van der Waals surface area contributed by atoms with Gasteiger partial charge < -0.3 is 19.9 Å². The average Bonchev–Trinajstić information content (AvgIpc) is 3.06. The molecule has 0 saturated carbocycles. The zero-order valence-corrected chi connectivity index (χ0v) is 13.6. The van der Waals surface area contributed by atoms with Crippen LogP contribution in [0.25, 0.3) is 0 Å². The maximum Gasteiger partial charge on any atom is 0.328 e. The molecular weight excluding hydrogens is 328 g/mol. The minimum atomic E-state index is -0.962. The second-order valence-corrected chi connectivity index (χ2v) is 5.47. The van der Waals surface area contributed by atoms with Crippen molar-refractivity contribution in [2.75, 3.05) is 18.5 Å². The van der Waals surface area contributed by atoms with Crippen molar-refractivity contribution in [2.24, 2.45) is 0 Å². The first kappa shape index (κ1) is 16.7. The van der Waals surface area contributed by atoms with Crippen LogP contribution in [0.4, 0.5) is 5.82 Å². The summed E-state index contributed by atoms with van der Waals surface area (Å²) < 4.78 is 12.0. The van der Waals surface area contributed by atoms with E-state index in [0.29, 0.717) is 31.8 Å². The van der Waals surface area contributed by atoms with Crippen LogP contribution in [0.3, 0.4) is 0 Å². The van der Waals surface area contributed by atoms with Gasteiger partial charge in [-0.3, -0.25) is 9.48 Å². The second-order valence-electron chi connectivity index (χ2n) is 5.47. The van der Waals surface area contributed by atoms with E-state index in [1.807, 2.05) is 6.92 Å². The van der Waals surface area contributed by atoms with Crippen molar-refractivity contribution in [3.8, 4) is 11.6 Å². The molecule has 1 atom stereocenters. The maximum absolute atomic E-state index is 12.3. The number of hydrogen-bond acceptors (Lipinski definition) is 6. The highest BCUT2D eigenvalue weighted by molar-refractivity contribution is 6.02. The minimum absolute atomic E-state index is 0.155. The first-order valence-electron chi connectivity index (χ1n) is 7.94. The van der Waals surface area contributed by atoms with Crippen LogP contribution in [0.1, 0.15) is 36.3 Å². The summed E-state index contributed by atoms with van der Waals surface area (Å²) in [5.74, 6) is -0.403. The van der Waals surface area contributed by atoms with Crippen LogP contribution >= 0.6 is 0 Å². The van der Waals surface area contributed by atoms with Crippen LogP contribution in [0, 0.1) is 0 Å². The molecule has 0 aliphatic carbocycles. The predicted molar refractivity (Wildman–Crippen MR) is 87.0 cm³/mol. The van der Waals surface area contributed by atoms with E-state index in [-0.39, 0.29) is 17.4 Å². The van der Waals surface area contributed by atoms with Gasteiger partial charge in [-0.2, -0.15) is 5.10 Å². The molecule has 9 nitrogen and oxygen atoms in total. The molecule has 3 rings (SSSR count). The molecule has 25 heavy (non-hydrogen) atoms. The highest BCUT2D eigenvalue weighted by Gasteiger charge is 2.21. The summed E-state index contributed by atoms with van der Waals surface area (Å²) in [5.41, 5.74) is 0.155. The molecule has 0 spiro atoms. The Kier molecular flexibility index (Phi) is 4.82. The number of hydrogen-bond donors (Lipinski definition) is 2. The standard InChI is InChI=1S/C16H18N4O5/c1-2-3-11(16(22)23)20-7-6-13(19-20)18-14(21)10-4-5-12-15(17-10)25-9-8-24-12/h4-7,11H,2-3,8-9H2,1H3,(H,22,23)(H,18,19,21). The molecule has 2 N–H and O–H groups in total. The largest absolute Gasteiger partial charge is 0.484 e. The molecule has 0 bridgehead atoms. The molecule has 0 aromatic carbocycles. The third-order valence-corrected chi connectivity index (χ3v) is 3.65. The van der Waals surface area contributed by atoms with Gasteiger partial charge in [-0.15, -0.1) is 0 Å². The number of carboxylic acid groups (broad SMARTS) is 1. The van der Waals surface area contributed by atoms with Crippen LogP contribution in [0.15, 0.2) is 24.4 Å². The SMILES string of the molecule is CCCC(C(=O)O)n1ccc(NC(=O)c2ccc3c(n2)OCCO3)n1. The van der Waals surface area contributed by atoms with Gasteiger partial charge in [0.2, 0.25) is 0 Å². The molecular formula is C16H18N4O5. The summed E-state index contributed by atoms with van der Waals surface area (Å²) in [6, 6.07) is 3.93. The smallest absolute Gasteiger partial charge is 0.328 e. The van der Waals surface area contributed by atoms with Crippen LogP contribution in [-0.2, 0) is 4.79 Å². The Hall–Kier alpha value is -3.10. The summed E-state index contributed by atoms with van der Waals surface area (Å²) in [6.07, 6.45) is 2.69. The molecule has 0 radical (unpaired) electrons. The number of nitrogens with one attached hydrogen (secondary N) is 1. The van der Waals surface area contributed by atoms with Gasteiger partial charge in [0.15, 0.2) is 11.6 Å². The Morgan fingerprint density at radius 3 is 2.88 bits per heavy atom. The first-order valence-corrected chi connectivity index (χ1v) is 7.94. The van der Waals surface area contributed by atoms with Crippen molar-refractivity contribution in [3.05, 3.63) is 30.1 Å². The number of fused-ring (bicyclic) bond motifs is 1. The fourth-order valence-electron chi connectivity index (χ4n) is 2.46. The van der Waals surface area contributed by atoms with E-state index in [1.54, 1.807) is 12.1 Å². The van der Waals surface area contributed by atoms with E-state index in [9.17, 15) is 14.7 Å². The highest BCUT2D eigenvalue weighted by atomic mass is 16.6. The lowest BCUT2D eigenvalue weighted by molar-refractivity contribution is -0.141. The van der Waals surface area contributed by atoms with Gasteiger partial charge in [-0.05, 0) is 18.6 Å². The molecule has 9 heteroatoms. The normalized spacial score (nSPS) is 14.0. The summed E-state index contributed by atoms with van der Waals surface area (Å²) in [7, 11) is 0. The van der Waals surface area contributed by atoms with Crippen molar-refractivity contribution < 1.29 is 24.2 Å². The zero-order valence-electron chi connectivity index (χ0n) is 13.6. The van der Waals surface area contributed by atoms with Crippen molar-refractivity contribution in [1.82, 2.24) is 14.8 Å². The maximum atomic E-state index is 12.3. The minimum Gasteiger partial charge on any atom is -0.484 e. The van der Waals surface area contributed by atoms with Gasteiger partial charge in [0.05, 0.1) is 0 Å². The van der Waals surface area contributed by atoms with E-state index >= 15 is 0 Å². The lowest BCUT2D eigenvalue weighted by atomic mass is 10.2. The van der Waals surface area contributed by atoms with E-state index in [0.717, 1.165) is 0 Å². The number of aromatic nitrogens is 3. The fourth-order valence-corrected chi connectivity index (χ4v) is 2.46. The third-order valence-electron chi connectivity index (χ3n) is 3.65. The molecule has 0 fully saturated rings. The summed E-state index contributed by atoms with van der Waals surface area (Å²) >= 11 is 0. The summed E-state index contributed by atoms with van der Waals surface area (Å²) in [5, 5.41) is 16.0. The molecule has 1 amide bonds. The first-order chi connectivity index (χ1) is 12.1. The number of carboxylic acids is 1. The van der Waals surface area contributed by atoms with E-state index < -0.39 is 17.9 Å². The zero-order chi connectivity index (χ0) is 17.8. The van der Waals surface area contributed by atoms with Gasteiger partial charge in [0, 0.05) is 12.3 Å². The Bertz CT molecular complexity index is 789. The molecule has 1 unspecified atom stereocenters. The fraction of sp³-hybridized carbons (Fsp3) is 0.375. The number of carbonyl (C=O) groups excluding carboxylic acids is 1. The highest BCUT2D eigenvalue weighted by Crippen LogP contribution is 2.27. The number of anilines is 1. The molecule has 2 aromatic rings. The molecule has 2 aromatic heterocycles. The Balaban J connectivity index is 1.72. The van der Waals surface area contributed by atoms with Gasteiger partial charge in [-0.1, -0.05) is 13.3 Å². The lowest BCUT2D eigenvalue weighted by Gasteiger charge is -2.17. The molecule has 3 heterocycles. The van der Waals surface area contributed by atoms with Crippen LogP contribution in [0.5, 0.6) is 11.6 Å². The Morgan fingerprint density at radius 2 is 2.12 bits per heavy atom. The number of carbonyl (C=O) groups is 2. The Labute approximate surface area is 143 Å². The van der Waals surface area contributed by atoms with E-state index in [1.165, 1.54) is 16.9 Å². The average molecular weight is 346 g/mol. The molecule has 0 saturated heterocycles. The Morgan fingerprint density at radius 1 is 1.32 bits per heavy atom. The van der Waals surface area contributed by atoms with Gasteiger partial charge >= 0.3 is 5.97 Å². The summed E-state index contributed by atoms with van der Waals surface area (Å²) in [6.45, 7) is 2.72. The number of pyridine rings is 1. The monoisotopic (exact) mass is 346 g/mol. The number of nitrogens with zero attached hydrogens (tertiary/aromatic N) is 3. The van der Waals surface area contributed by atoms with Gasteiger partial charge in [-0.25, -0.2) is 9.78 Å². The van der Waals surface area contributed by atoms with Crippen LogP contribution in [0.2, 0.25) is 0 Å². The predicted octanol–water partition coefficient (Wildman–Crippen LogP) is 1.73. The molecule has 1 aliphatic heterocycles. The number of amides is 1. The van der Waals surface area contributed by atoms with Gasteiger partial charge in [0.1, 0.15) is 24.9 Å². The van der Waals surface area contributed by atoms with Crippen molar-refractivity contribution in [2.45, 2.75) is 25.8 Å². The van der Waals surface area contributed by atoms with Crippen molar-refractivity contribution in [3.63, 3.8) is 0 Å². The second kappa shape index (κ2) is 7.20. The number of rotatable bonds is 6. The van der Waals surface area contributed by atoms with Crippen molar-refractivity contribution in [1.29, 1.82) is 0 Å². The quantitative estimate of drug-likeness (QED) is 0.818. The molecule has 132 valence electrons. The molecule has 1 aliphatic rings. The van der Waals surface area contributed by atoms with E-state index in [4.69, 9.17) is 9.47 Å². The van der Waals surface area contributed by atoms with Crippen LogP contribution < -0.4 is 14.8 Å².